The zero-order valence-corrected chi connectivity index (χ0v) is 10.8. The molecule has 1 aromatic carbocycles. The van der Waals surface area contributed by atoms with E-state index in [0.717, 1.165) is 18.6 Å². The molecule has 5 heteroatoms. The molecule has 0 aliphatic rings. The Morgan fingerprint density at radius 2 is 2.12 bits per heavy atom. The summed E-state index contributed by atoms with van der Waals surface area (Å²) in [5.74, 6) is 6.40. The SMILES string of the molecule is CSCCCCNC(=O)c1ccccc1NN. The van der Waals surface area contributed by atoms with Crippen LogP contribution in [0.1, 0.15) is 23.2 Å². The molecule has 0 heterocycles. The van der Waals surface area contributed by atoms with Crippen LogP contribution in [0.5, 0.6) is 0 Å². The topological polar surface area (TPSA) is 67.2 Å². The van der Waals surface area contributed by atoms with E-state index in [4.69, 9.17) is 5.84 Å². The summed E-state index contributed by atoms with van der Waals surface area (Å²) in [5, 5.41) is 2.89. The zero-order chi connectivity index (χ0) is 12.5. The van der Waals surface area contributed by atoms with Gasteiger partial charge in [-0.25, -0.2) is 0 Å². The van der Waals surface area contributed by atoms with Crippen molar-refractivity contribution >= 4 is 23.4 Å². The van der Waals surface area contributed by atoms with E-state index in [-0.39, 0.29) is 5.91 Å². The second-order valence-corrected chi connectivity index (χ2v) is 4.63. The number of rotatable bonds is 7. The Balaban J connectivity index is 2.41. The molecule has 1 rings (SSSR count). The minimum Gasteiger partial charge on any atom is -0.352 e. The van der Waals surface area contributed by atoms with Crippen LogP contribution in [-0.2, 0) is 0 Å². The molecule has 0 aliphatic heterocycles. The quantitative estimate of drug-likeness (QED) is 0.394. The van der Waals surface area contributed by atoms with E-state index in [0.29, 0.717) is 17.8 Å². The number of thioether (sulfide) groups is 1. The highest BCUT2D eigenvalue weighted by atomic mass is 32.2. The molecule has 0 fully saturated rings. The lowest BCUT2D eigenvalue weighted by Gasteiger charge is -2.09. The van der Waals surface area contributed by atoms with Gasteiger partial charge in [0.1, 0.15) is 0 Å². The van der Waals surface area contributed by atoms with Crippen molar-refractivity contribution < 1.29 is 4.79 Å². The van der Waals surface area contributed by atoms with Crippen LogP contribution in [0.25, 0.3) is 0 Å². The third-order valence-corrected chi connectivity index (χ3v) is 3.08. The Labute approximate surface area is 106 Å². The van der Waals surface area contributed by atoms with Crippen LogP contribution in [0.15, 0.2) is 24.3 Å². The Bertz CT molecular complexity index is 357. The lowest BCUT2D eigenvalue weighted by atomic mass is 10.1. The van der Waals surface area contributed by atoms with Crippen LogP contribution in [0.3, 0.4) is 0 Å². The van der Waals surface area contributed by atoms with Crippen LogP contribution in [0.4, 0.5) is 5.69 Å². The van der Waals surface area contributed by atoms with Gasteiger partial charge >= 0.3 is 0 Å². The van der Waals surface area contributed by atoms with Gasteiger partial charge in [-0.05, 0) is 37.0 Å². The smallest absolute Gasteiger partial charge is 0.253 e. The molecule has 17 heavy (non-hydrogen) atoms. The van der Waals surface area contributed by atoms with E-state index in [1.807, 2.05) is 23.9 Å². The number of nitrogens with one attached hydrogen (secondary N) is 2. The van der Waals surface area contributed by atoms with Gasteiger partial charge in [-0.15, -0.1) is 0 Å². The maximum absolute atomic E-state index is 11.8. The summed E-state index contributed by atoms with van der Waals surface area (Å²) in [6.45, 7) is 0.707. The van der Waals surface area contributed by atoms with Crippen molar-refractivity contribution in [1.82, 2.24) is 5.32 Å². The molecule has 0 radical (unpaired) electrons. The Kier molecular flexibility index (Phi) is 6.50. The highest BCUT2D eigenvalue weighted by Gasteiger charge is 2.08. The molecule has 0 unspecified atom stereocenters. The molecule has 0 atom stereocenters. The minimum absolute atomic E-state index is 0.0808. The van der Waals surface area contributed by atoms with Gasteiger partial charge in [-0.2, -0.15) is 11.8 Å². The predicted molar refractivity (Wildman–Crippen MR) is 74.2 cm³/mol. The average Bonchev–Trinajstić information content (AvgIpc) is 2.38. The number of amides is 1. The molecule has 0 spiro atoms. The Morgan fingerprint density at radius 1 is 1.35 bits per heavy atom. The van der Waals surface area contributed by atoms with Gasteiger partial charge in [-0.1, -0.05) is 12.1 Å². The Hall–Kier alpha value is -1.20. The van der Waals surface area contributed by atoms with Crippen LogP contribution in [-0.4, -0.2) is 24.5 Å². The second kappa shape index (κ2) is 7.97. The van der Waals surface area contributed by atoms with Crippen molar-refractivity contribution in [2.24, 2.45) is 5.84 Å². The predicted octanol–water partition coefficient (Wildman–Crippen LogP) is 1.85. The molecule has 0 bridgehead atoms. The first-order valence-corrected chi connectivity index (χ1v) is 7.01. The molecular formula is C12H19N3OS. The van der Waals surface area contributed by atoms with Crippen LogP contribution >= 0.6 is 11.8 Å². The van der Waals surface area contributed by atoms with E-state index < -0.39 is 0 Å². The van der Waals surface area contributed by atoms with Crippen molar-refractivity contribution in [2.45, 2.75) is 12.8 Å². The maximum Gasteiger partial charge on any atom is 0.253 e. The number of hydrogen-bond acceptors (Lipinski definition) is 4. The minimum atomic E-state index is -0.0808. The molecule has 1 aromatic rings. The summed E-state index contributed by atoms with van der Waals surface area (Å²) in [7, 11) is 0. The van der Waals surface area contributed by atoms with E-state index in [2.05, 4.69) is 17.0 Å². The molecule has 4 N–H and O–H groups in total. The van der Waals surface area contributed by atoms with Gasteiger partial charge in [0.05, 0.1) is 11.3 Å². The van der Waals surface area contributed by atoms with Crippen LogP contribution < -0.4 is 16.6 Å². The number of carbonyl (C=O) groups is 1. The number of nitrogen functional groups attached to an aromatic ring is 1. The number of carbonyl (C=O) groups excluding carboxylic acids is 1. The van der Waals surface area contributed by atoms with Crippen molar-refractivity contribution in [2.75, 3.05) is 24.0 Å². The molecule has 0 saturated carbocycles. The standard InChI is InChI=1S/C12H19N3OS/c1-17-9-5-4-8-14-12(16)10-6-2-3-7-11(10)15-13/h2-3,6-7,15H,4-5,8-9,13H2,1H3,(H,14,16). The van der Waals surface area contributed by atoms with Gasteiger partial charge in [0, 0.05) is 6.54 Å². The van der Waals surface area contributed by atoms with Gasteiger partial charge in [0.15, 0.2) is 0 Å². The van der Waals surface area contributed by atoms with Crippen molar-refractivity contribution in [1.29, 1.82) is 0 Å². The molecule has 4 nitrogen and oxygen atoms in total. The Morgan fingerprint density at radius 3 is 2.82 bits per heavy atom. The molecular weight excluding hydrogens is 234 g/mol. The molecule has 94 valence electrons. The second-order valence-electron chi connectivity index (χ2n) is 3.65. The lowest BCUT2D eigenvalue weighted by Crippen LogP contribution is -2.26. The largest absolute Gasteiger partial charge is 0.352 e. The summed E-state index contributed by atoms with van der Waals surface area (Å²) in [6.07, 6.45) is 4.21. The molecule has 0 aliphatic carbocycles. The summed E-state index contributed by atoms with van der Waals surface area (Å²) < 4.78 is 0. The number of anilines is 1. The highest BCUT2D eigenvalue weighted by Crippen LogP contribution is 2.12. The third kappa shape index (κ3) is 4.66. The number of para-hydroxylation sites is 1. The van der Waals surface area contributed by atoms with Gasteiger partial charge in [-0.3, -0.25) is 10.6 Å². The third-order valence-electron chi connectivity index (χ3n) is 2.39. The van der Waals surface area contributed by atoms with Crippen molar-refractivity contribution in [3.63, 3.8) is 0 Å². The van der Waals surface area contributed by atoms with E-state index in [1.165, 1.54) is 0 Å². The lowest BCUT2D eigenvalue weighted by molar-refractivity contribution is 0.0954. The number of hydrazine groups is 1. The van der Waals surface area contributed by atoms with Crippen molar-refractivity contribution in [3.05, 3.63) is 29.8 Å². The molecule has 1 amide bonds. The van der Waals surface area contributed by atoms with Crippen molar-refractivity contribution in [3.8, 4) is 0 Å². The average molecular weight is 253 g/mol. The first-order valence-electron chi connectivity index (χ1n) is 5.62. The van der Waals surface area contributed by atoms with E-state index in [1.54, 1.807) is 12.1 Å². The maximum atomic E-state index is 11.8. The summed E-state index contributed by atoms with van der Waals surface area (Å²) in [5.41, 5.74) is 3.75. The fourth-order valence-electron chi connectivity index (χ4n) is 1.48. The van der Waals surface area contributed by atoms with E-state index >= 15 is 0 Å². The first kappa shape index (κ1) is 13.9. The monoisotopic (exact) mass is 253 g/mol. The fraction of sp³-hybridized carbons (Fsp3) is 0.417. The van der Waals surface area contributed by atoms with Gasteiger partial charge in [0.2, 0.25) is 0 Å². The number of benzene rings is 1. The summed E-state index contributed by atoms with van der Waals surface area (Å²) >= 11 is 1.82. The number of unbranched alkanes of at least 4 members (excludes halogenated alkanes) is 1. The summed E-state index contributed by atoms with van der Waals surface area (Å²) in [6, 6.07) is 7.20. The molecule has 0 aromatic heterocycles. The number of hydrogen-bond donors (Lipinski definition) is 3. The highest BCUT2D eigenvalue weighted by molar-refractivity contribution is 7.98. The van der Waals surface area contributed by atoms with E-state index in [9.17, 15) is 4.79 Å². The summed E-state index contributed by atoms with van der Waals surface area (Å²) in [4.78, 5) is 11.8. The zero-order valence-electron chi connectivity index (χ0n) is 10.0. The van der Waals surface area contributed by atoms with Crippen LogP contribution in [0.2, 0.25) is 0 Å². The normalized spacial score (nSPS) is 10.0. The fourth-order valence-corrected chi connectivity index (χ4v) is 1.97. The molecule has 0 saturated heterocycles. The van der Waals surface area contributed by atoms with Gasteiger partial charge in [0.25, 0.3) is 5.91 Å². The van der Waals surface area contributed by atoms with Gasteiger partial charge < -0.3 is 10.7 Å². The van der Waals surface area contributed by atoms with Crippen LogP contribution in [0, 0.1) is 0 Å². The first-order chi connectivity index (χ1) is 8.29. The number of nitrogens with two attached hydrogens (primary N) is 1.